The van der Waals surface area contributed by atoms with E-state index < -0.39 is 0 Å². The minimum atomic E-state index is 0.385. The monoisotopic (exact) mass is 382 g/mol. The van der Waals surface area contributed by atoms with E-state index >= 15 is 0 Å². The zero-order valence-electron chi connectivity index (χ0n) is 17.1. The molecule has 28 heavy (non-hydrogen) atoms. The zero-order chi connectivity index (χ0) is 19.0. The normalized spacial score (nSPS) is 31.3. The second-order valence-electron chi connectivity index (χ2n) is 9.18. The summed E-state index contributed by atoms with van der Waals surface area (Å²) in [5.74, 6) is 1.60. The Morgan fingerprint density at radius 3 is 2.57 bits per heavy atom. The number of hydrogen-bond donors (Lipinski definition) is 2. The Kier molecular flexibility index (Phi) is 5.06. The number of fused-ring (bicyclic) bond motifs is 2. The van der Waals surface area contributed by atoms with Crippen LogP contribution >= 0.6 is 0 Å². The van der Waals surface area contributed by atoms with E-state index in [1.54, 1.807) is 0 Å². The third kappa shape index (κ3) is 3.22. The maximum absolute atomic E-state index is 6.04. The molecule has 1 spiro atoms. The van der Waals surface area contributed by atoms with Crippen LogP contribution in [0.5, 0.6) is 0 Å². The van der Waals surface area contributed by atoms with Gasteiger partial charge in [0.15, 0.2) is 5.96 Å². The van der Waals surface area contributed by atoms with Gasteiger partial charge in [-0.15, -0.1) is 0 Å². The highest BCUT2D eigenvalue weighted by Gasteiger charge is 2.66. The molecule has 1 aromatic carbocycles. The van der Waals surface area contributed by atoms with Crippen molar-refractivity contribution in [2.24, 2.45) is 16.3 Å². The van der Waals surface area contributed by atoms with Gasteiger partial charge in [0.25, 0.3) is 0 Å². The fourth-order valence-corrected chi connectivity index (χ4v) is 5.95. The van der Waals surface area contributed by atoms with Gasteiger partial charge in [0.1, 0.15) is 0 Å². The van der Waals surface area contributed by atoms with E-state index in [9.17, 15) is 0 Å². The van der Waals surface area contributed by atoms with Gasteiger partial charge in [-0.2, -0.15) is 0 Å². The molecule has 152 valence electrons. The second-order valence-corrected chi connectivity index (χ2v) is 9.18. The van der Waals surface area contributed by atoms with E-state index in [0.717, 1.165) is 25.7 Å². The summed E-state index contributed by atoms with van der Waals surface area (Å²) < 4.78 is 6.04. The van der Waals surface area contributed by atoms with Gasteiger partial charge in [-0.1, -0.05) is 30.7 Å². The van der Waals surface area contributed by atoms with Crippen molar-refractivity contribution in [3.05, 3.63) is 35.4 Å². The summed E-state index contributed by atoms with van der Waals surface area (Å²) in [7, 11) is 1.88. The highest BCUT2D eigenvalue weighted by Crippen LogP contribution is 2.62. The third-order valence-electron chi connectivity index (χ3n) is 7.64. The Morgan fingerprint density at radius 2 is 1.89 bits per heavy atom. The molecule has 5 rings (SSSR count). The molecule has 0 radical (unpaired) electrons. The van der Waals surface area contributed by atoms with Crippen molar-refractivity contribution in [1.82, 2.24) is 15.5 Å². The summed E-state index contributed by atoms with van der Waals surface area (Å²) in [5.41, 5.74) is 3.11. The number of benzene rings is 1. The largest absolute Gasteiger partial charge is 0.377 e. The van der Waals surface area contributed by atoms with Gasteiger partial charge in [-0.3, -0.25) is 9.89 Å². The third-order valence-corrected chi connectivity index (χ3v) is 7.64. The van der Waals surface area contributed by atoms with Crippen LogP contribution in [0.25, 0.3) is 0 Å². The molecule has 2 heterocycles. The van der Waals surface area contributed by atoms with E-state index in [1.165, 1.54) is 62.7 Å². The van der Waals surface area contributed by atoms with Gasteiger partial charge in [0.05, 0.1) is 6.10 Å². The minimum Gasteiger partial charge on any atom is -0.377 e. The first-order valence-corrected chi connectivity index (χ1v) is 11.2. The summed E-state index contributed by atoms with van der Waals surface area (Å²) in [6.45, 7) is 5.34. The number of nitrogens with one attached hydrogen (secondary N) is 2. The predicted octanol–water partition coefficient (Wildman–Crippen LogP) is 2.91. The van der Waals surface area contributed by atoms with Crippen molar-refractivity contribution in [1.29, 1.82) is 0 Å². The Hall–Kier alpha value is -1.59. The van der Waals surface area contributed by atoms with Crippen LogP contribution in [0.15, 0.2) is 29.3 Å². The summed E-state index contributed by atoms with van der Waals surface area (Å²) in [4.78, 5) is 7.05. The number of hydrogen-bond acceptors (Lipinski definition) is 3. The maximum Gasteiger partial charge on any atom is 0.191 e. The molecule has 0 amide bonds. The van der Waals surface area contributed by atoms with Crippen LogP contribution in [0, 0.1) is 11.3 Å². The summed E-state index contributed by atoms with van der Waals surface area (Å²) in [6, 6.07) is 9.59. The summed E-state index contributed by atoms with van der Waals surface area (Å²) >= 11 is 0. The van der Waals surface area contributed by atoms with E-state index in [1.807, 2.05) is 7.05 Å². The topological polar surface area (TPSA) is 48.9 Å². The van der Waals surface area contributed by atoms with Crippen molar-refractivity contribution in [2.45, 2.75) is 63.8 Å². The molecular weight excluding hydrogens is 348 g/mol. The van der Waals surface area contributed by atoms with Crippen LogP contribution in [0.3, 0.4) is 0 Å². The fraction of sp³-hybridized carbons (Fsp3) is 0.696. The first kappa shape index (κ1) is 18.4. The molecule has 2 saturated carbocycles. The van der Waals surface area contributed by atoms with Crippen LogP contribution < -0.4 is 10.6 Å². The second kappa shape index (κ2) is 7.68. The Morgan fingerprint density at radius 1 is 1.14 bits per heavy atom. The van der Waals surface area contributed by atoms with Crippen molar-refractivity contribution in [3.8, 4) is 0 Å². The smallest absolute Gasteiger partial charge is 0.191 e. The molecular formula is C23H34N4O. The molecule has 2 aliphatic heterocycles. The number of guanidine groups is 1. The van der Waals surface area contributed by atoms with Crippen molar-refractivity contribution in [2.75, 3.05) is 26.7 Å². The molecule has 5 heteroatoms. The van der Waals surface area contributed by atoms with E-state index in [2.05, 4.69) is 44.8 Å². The number of aliphatic imine (C=N–C) groups is 1. The lowest BCUT2D eigenvalue weighted by atomic mass is 9.46. The van der Waals surface area contributed by atoms with Crippen LogP contribution in [0.4, 0.5) is 0 Å². The van der Waals surface area contributed by atoms with Gasteiger partial charge >= 0.3 is 0 Å². The molecule has 3 atom stereocenters. The van der Waals surface area contributed by atoms with Crippen LogP contribution in [0.1, 0.15) is 49.7 Å². The lowest BCUT2D eigenvalue weighted by Gasteiger charge is -2.63. The number of rotatable bonds is 5. The van der Waals surface area contributed by atoms with Gasteiger partial charge in [-0.05, 0) is 56.3 Å². The SMILES string of the molecule is CN=C(NCc1ccc(CN2CCCC2)cc1)NC1C2CCOC2C12CCC2. The standard InChI is InChI=1S/C23H34N4O/c1-24-22(26-20-19-9-14-28-21(19)23(20)10-4-11-23)25-15-17-5-7-18(8-6-17)16-27-12-2-3-13-27/h5-8,19-21H,2-4,9-16H2,1H3,(H2,24,25,26). The molecule has 1 aromatic rings. The number of nitrogens with zero attached hydrogens (tertiary/aromatic N) is 2. The summed E-state index contributed by atoms with van der Waals surface area (Å²) in [6.07, 6.45) is 8.36. The van der Waals surface area contributed by atoms with Crippen LogP contribution in [-0.2, 0) is 17.8 Å². The predicted molar refractivity (Wildman–Crippen MR) is 112 cm³/mol. The molecule has 2 aliphatic carbocycles. The highest BCUT2D eigenvalue weighted by atomic mass is 16.5. The Bertz CT molecular complexity index is 706. The average molecular weight is 383 g/mol. The van der Waals surface area contributed by atoms with Gasteiger partial charge in [-0.25, -0.2) is 0 Å². The molecule has 4 aliphatic rings. The van der Waals surface area contributed by atoms with E-state index in [0.29, 0.717) is 23.5 Å². The molecule has 0 bridgehead atoms. The first-order chi connectivity index (χ1) is 13.8. The highest BCUT2D eigenvalue weighted by molar-refractivity contribution is 5.80. The zero-order valence-corrected chi connectivity index (χ0v) is 17.1. The van der Waals surface area contributed by atoms with Crippen molar-refractivity contribution >= 4 is 5.96 Å². The molecule has 0 aromatic heterocycles. The van der Waals surface area contributed by atoms with E-state index in [-0.39, 0.29) is 0 Å². The van der Waals surface area contributed by atoms with Crippen LogP contribution in [0.2, 0.25) is 0 Å². The average Bonchev–Trinajstić information content (AvgIpc) is 3.33. The first-order valence-electron chi connectivity index (χ1n) is 11.2. The molecule has 2 N–H and O–H groups in total. The lowest BCUT2D eigenvalue weighted by Crippen LogP contribution is -2.72. The van der Waals surface area contributed by atoms with E-state index in [4.69, 9.17) is 4.74 Å². The van der Waals surface area contributed by atoms with Gasteiger partial charge in [0.2, 0.25) is 0 Å². The Labute approximate surface area is 168 Å². The molecule has 3 unspecified atom stereocenters. The van der Waals surface area contributed by atoms with Gasteiger partial charge < -0.3 is 15.4 Å². The van der Waals surface area contributed by atoms with Gasteiger partial charge in [0, 0.05) is 44.1 Å². The van der Waals surface area contributed by atoms with Crippen molar-refractivity contribution < 1.29 is 4.74 Å². The van der Waals surface area contributed by atoms with Crippen LogP contribution in [-0.4, -0.2) is 49.7 Å². The fourth-order valence-electron chi connectivity index (χ4n) is 5.95. The van der Waals surface area contributed by atoms with Crippen molar-refractivity contribution in [3.63, 3.8) is 0 Å². The molecule has 2 saturated heterocycles. The minimum absolute atomic E-state index is 0.385. The Balaban J connectivity index is 1.14. The maximum atomic E-state index is 6.04. The quantitative estimate of drug-likeness (QED) is 0.607. The number of likely N-dealkylation sites (tertiary alicyclic amines) is 1. The molecule has 4 fully saturated rings. The molecule has 5 nitrogen and oxygen atoms in total. The lowest BCUT2D eigenvalue weighted by molar-refractivity contribution is -0.171. The summed E-state index contributed by atoms with van der Waals surface area (Å²) in [5, 5.41) is 7.28. The number of ether oxygens (including phenoxy) is 1.